The lowest BCUT2D eigenvalue weighted by molar-refractivity contribution is 0.0385. The quantitative estimate of drug-likeness (QED) is 0.915. The highest BCUT2D eigenvalue weighted by molar-refractivity contribution is 7.19. The first kappa shape index (κ1) is 15.9. The van der Waals surface area contributed by atoms with Gasteiger partial charge in [0.2, 0.25) is 0 Å². The summed E-state index contributed by atoms with van der Waals surface area (Å²) in [5, 5.41) is 0.918. The van der Waals surface area contributed by atoms with Crippen LogP contribution >= 0.6 is 11.3 Å². The fourth-order valence-corrected chi connectivity index (χ4v) is 3.58. The van der Waals surface area contributed by atoms with E-state index in [1.54, 1.807) is 21.2 Å². The lowest BCUT2D eigenvalue weighted by atomic mass is 10.2. The molecule has 1 fully saturated rings. The number of nitrogens with zero attached hydrogens (tertiary/aromatic N) is 2. The molecule has 1 aliphatic heterocycles. The van der Waals surface area contributed by atoms with E-state index in [4.69, 9.17) is 15.2 Å². The van der Waals surface area contributed by atoms with Gasteiger partial charge in [0.05, 0.1) is 19.8 Å². The maximum absolute atomic E-state index is 12.2. The second kappa shape index (κ2) is 6.53. The fourth-order valence-electron chi connectivity index (χ4n) is 2.33. The molecule has 2 N–H and O–H groups in total. The van der Waals surface area contributed by atoms with Crippen molar-refractivity contribution < 1.29 is 14.3 Å². The van der Waals surface area contributed by atoms with Crippen molar-refractivity contribution in [2.75, 3.05) is 51.5 Å². The van der Waals surface area contributed by atoms with E-state index >= 15 is 0 Å². The summed E-state index contributed by atoms with van der Waals surface area (Å²) < 4.78 is 11.1. The van der Waals surface area contributed by atoms with Gasteiger partial charge in [-0.3, -0.25) is 4.79 Å². The number of hydrogen-bond acceptors (Lipinski definition) is 6. The lowest BCUT2D eigenvalue weighted by Gasteiger charge is -2.33. The maximum atomic E-state index is 12.2. The number of ether oxygens (including phenoxy) is 2. The number of methoxy groups -OCH3 is 1. The molecule has 2 heterocycles. The average Bonchev–Trinajstić information content (AvgIpc) is 2.83. The minimum Gasteiger partial charge on any atom is -0.492 e. The van der Waals surface area contributed by atoms with Crippen molar-refractivity contribution in [3.05, 3.63) is 4.88 Å². The third-order valence-corrected chi connectivity index (χ3v) is 4.80. The molecule has 0 bridgehead atoms. The van der Waals surface area contributed by atoms with Crippen LogP contribution in [0.2, 0.25) is 0 Å². The monoisotopic (exact) mass is 313 g/mol. The number of anilines is 2. The summed E-state index contributed by atoms with van der Waals surface area (Å²) >= 11 is 1.40. The molecule has 1 aromatic rings. The Hall–Kier alpha value is -1.47. The van der Waals surface area contributed by atoms with Gasteiger partial charge in [-0.1, -0.05) is 6.92 Å². The van der Waals surface area contributed by atoms with Gasteiger partial charge in [-0.15, -0.1) is 11.3 Å². The van der Waals surface area contributed by atoms with Gasteiger partial charge >= 0.3 is 0 Å². The molecule has 1 amide bonds. The van der Waals surface area contributed by atoms with E-state index in [2.05, 4.69) is 11.8 Å². The summed E-state index contributed by atoms with van der Waals surface area (Å²) in [4.78, 5) is 16.5. The average molecular weight is 313 g/mol. The number of rotatable bonds is 4. The standard InChI is InChI=1S/C14H23N3O3S/c1-5-9-8-17(6-7-20-9)14-11(19-4)10(15)12(21-14)13(18)16(2)3/h9H,5-8,15H2,1-4H3. The highest BCUT2D eigenvalue weighted by Crippen LogP contribution is 2.45. The van der Waals surface area contributed by atoms with Crippen molar-refractivity contribution in [1.82, 2.24) is 4.90 Å². The second-order valence-corrected chi connectivity index (χ2v) is 6.23. The van der Waals surface area contributed by atoms with Crippen molar-refractivity contribution in [2.24, 2.45) is 0 Å². The molecule has 118 valence electrons. The van der Waals surface area contributed by atoms with Gasteiger partial charge in [0.1, 0.15) is 15.6 Å². The Bertz CT molecular complexity index is 516. The summed E-state index contributed by atoms with van der Waals surface area (Å²) in [5.74, 6) is 0.504. The number of hydrogen-bond donors (Lipinski definition) is 1. The highest BCUT2D eigenvalue weighted by Gasteiger charge is 2.28. The van der Waals surface area contributed by atoms with Gasteiger partial charge in [0, 0.05) is 27.2 Å². The van der Waals surface area contributed by atoms with Gasteiger partial charge in [0.15, 0.2) is 5.75 Å². The van der Waals surface area contributed by atoms with Crippen LogP contribution in [0.25, 0.3) is 0 Å². The van der Waals surface area contributed by atoms with Gasteiger partial charge in [-0.2, -0.15) is 0 Å². The van der Waals surface area contributed by atoms with Crippen molar-refractivity contribution >= 4 is 27.9 Å². The number of morpholine rings is 1. The number of nitrogens with two attached hydrogens (primary N) is 1. The topological polar surface area (TPSA) is 68.0 Å². The van der Waals surface area contributed by atoms with E-state index in [9.17, 15) is 4.79 Å². The van der Waals surface area contributed by atoms with Crippen LogP contribution in [-0.4, -0.2) is 57.8 Å². The van der Waals surface area contributed by atoms with Crippen LogP contribution in [0.3, 0.4) is 0 Å². The molecule has 1 atom stereocenters. The second-order valence-electron chi connectivity index (χ2n) is 5.23. The zero-order valence-corrected chi connectivity index (χ0v) is 13.8. The van der Waals surface area contributed by atoms with Crippen LogP contribution in [0.5, 0.6) is 5.75 Å². The van der Waals surface area contributed by atoms with Crippen molar-refractivity contribution in [3.63, 3.8) is 0 Å². The molecule has 0 saturated carbocycles. The van der Waals surface area contributed by atoms with Crippen LogP contribution in [0.15, 0.2) is 0 Å². The normalized spacial score (nSPS) is 18.7. The fraction of sp³-hybridized carbons (Fsp3) is 0.643. The van der Waals surface area contributed by atoms with E-state index in [1.165, 1.54) is 16.2 Å². The van der Waals surface area contributed by atoms with Crippen molar-refractivity contribution in [3.8, 4) is 5.75 Å². The molecule has 0 spiro atoms. The first-order valence-electron chi connectivity index (χ1n) is 7.04. The number of amides is 1. The largest absolute Gasteiger partial charge is 0.492 e. The number of nitrogen functional groups attached to an aromatic ring is 1. The summed E-state index contributed by atoms with van der Waals surface area (Å²) in [7, 11) is 5.02. The molecule has 1 aromatic heterocycles. The molecule has 6 nitrogen and oxygen atoms in total. The van der Waals surface area contributed by atoms with E-state index in [-0.39, 0.29) is 12.0 Å². The van der Waals surface area contributed by atoms with Gasteiger partial charge < -0.3 is 25.0 Å². The molecule has 0 radical (unpaired) electrons. The molecule has 2 rings (SSSR count). The molecular weight excluding hydrogens is 290 g/mol. The van der Waals surface area contributed by atoms with Crippen LogP contribution in [0, 0.1) is 0 Å². The first-order valence-corrected chi connectivity index (χ1v) is 7.85. The molecule has 1 aliphatic rings. The van der Waals surface area contributed by atoms with Gasteiger partial charge in [-0.05, 0) is 6.42 Å². The molecule has 7 heteroatoms. The SMILES string of the molecule is CCC1CN(c2sc(C(=O)N(C)C)c(N)c2OC)CCO1. The summed E-state index contributed by atoms with van der Waals surface area (Å²) in [5.41, 5.74) is 6.53. The van der Waals surface area contributed by atoms with E-state index in [1.807, 2.05) is 0 Å². The Morgan fingerprint density at radius 1 is 1.57 bits per heavy atom. The maximum Gasteiger partial charge on any atom is 0.265 e. The number of carbonyl (C=O) groups is 1. The minimum atomic E-state index is -0.0950. The lowest BCUT2D eigenvalue weighted by Crippen LogP contribution is -2.42. The Morgan fingerprint density at radius 3 is 2.86 bits per heavy atom. The summed E-state index contributed by atoms with van der Waals surface area (Å²) in [6.45, 7) is 4.36. The molecule has 0 aliphatic carbocycles. The minimum absolute atomic E-state index is 0.0950. The smallest absolute Gasteiger partial charge is 0.265 e. The Morgan fingerprint density at radius 2 is 2.29 bits per heavy atom. The number of thiophene rings is 1. The van der Waals surface area contributed by atoms with Gasteiger partial charge in [0.25, 0.3) is 5.91 Å². The first-order chi connectivity index (χ1) is 9.99. The molecule has 0 aromatic carbocycles. The predicted molar refractivity (Wildman–Crippen MR) is 85.5 cm³/mol. The zero-order chi connectivity index (χ0) is 15.6. The van der Waals surface area contributed by atoms with Crippen LogP contribution in [0.4, 0.5) is 10.7 Å². The summed E-state index contributed by atoms with van der Waals surface area (Å²) in [6.07, 6.45) is 1.17. The number of carbonyl (C=O) groups excluding carboxylic acids is 1. The van der Waals surface area contributed by atoms with E-state index in [0.717, 1.165) is 24.5 Å². The highest BCUT2D eigenvalue weighted by atomic mass is 32.1. The van der Waals surface area contributed by atoms with Crippen molar-refractivity contribution in [1.29, 1.82) is 0 Å². The van der Waals surface area contributed by atoms with E-state index in [0.29, 0.717) is 22.9 Å². The molecular formula is C14H23N3O3S. The third kappa shape index (κ3) is 3.08. The molecule has 1 unspecified atom stereocenters. The van der Waals surface area contributed by atoms with Crippen LogP contribution < -0.4 is 15.4 Å². The summed E-state index contributed by atoms with van der Waals surface area (Å²) in [6, 6.07) is 0. The van der Waals surface area contributed by atoms with Crippen LogP contribution in [-0.2, 0) is 4.74 Å². The Balaban J connectivity index is 2.35. The Labute approximate surface area is 129 Å². The van der Waals surface area contributed by atoms with Crippen LogP contribution in [0.1, 0.15) is 23.0 Å². The molecule has 21 heavy (non-hydrogen) atoms. The van der Waals surface area contributed by atoms with Gasteiger partial charge in [-0.25, -0.2) is 0 Å². The predicted octanol–water partition coefficient (Wildman–Crippen LogP) is 1.66. The zero-order valence-electron chi connectivity index (χ0n) is 13.0. The van der Waals surface area contributed by atoms with E-state index < -0.39 is 0 Å². The third-order valence-electron chi connectivity index (χ3n) is 3.57. The molecule has 1 saturated heterocycles. The van der Waals surface area contributed by atoms with Crippen molar-refractivity contribution in [2.45, 2.75) is 19.4 Å². The Kier molecular flexibility index (Phi) is 4.95.